The summed E-state index contributed by atoms with van der Waals surface area (Å²) in [7, 11) is 0. The van der Waals surface area contributed by atoms with Crippen LogP contribution in [0.25, 0.3) is 0 Å². The minimum Gasteiger partial charge on any atom is -0.508 e. The van der Waals surface area contributed by atoms with E-state index in [-0.39, 0.29) is 11.5 Å². The second kappa shape index (κ2) is 11.3. The van der Waals surface area contributed by atoms with Gasteiger partial charge in [0.05, 0.1) is 0 Å². The van der Waals surface area contributed by atoms with Crippen LogP contribution in [0.1, 0.15) is 74.6 Å². The number of rotatable bonds is 12. The Morgan fingerprint density at radius 3 is 2.00 bits per heavy atom. The maximum Gasteiger partial charge on any atom is 0.163 e. The van der Waals surface area contributed by atoms with Gasteiger partial charge in [-0.15, -0.1) is 0 Å². The fourth-order valence-electron chi connectivity index (χ4n) is 2.46. The van der Waals surface area contributed by atoms with E-state index in [9.17, 15) is 9.90 Å². The fraction of sp³-hybridized carbons (Fsp3) is 0.611. The number of aromatic hydroxyl groups is 1. The van der Waals surface area contributed by atoms with Crippen LogP contribution in [0, 0.1) is 0 Å². The Bertz CT molecular complexity index is 401. The summed E-state index contributed by atoms with van der Waals surface area (Å²) in [4.78, 5) is 11.9. The Hall–Kier alpha value is -1.35. The summed E-state index contributed by atoms with van der Waals surface area (Å²) in [6.07, 6.45) is 10.8. The van der Waals surface area contributed by atoms with E-state index in [1.165, 1.54) is 38.2 Å². The molecule has 0 amide bonds. The molecule has 118 valence electrons. The largest absolute Gasteiger partial charge is 0.508 e. The highest BCUT2D eigenvalue weighted by Crippen LogP contribution is 2.15. The Labute approximate surface area is 128 Å². The number of Topliss-reactive ketones (excluding diaryl/α,β-unsaturated/α-hetero) is 1. The number of benzene rings is 1. The van der Waals surface area contributed by atoms with Crippen molar-refractivity contribution in [2.24, 2.45) is 0 Å². The van der Waals surface area contributed by atoms with Gasteiger partial charge in [0, 0.05) is 18.6 Å². The van der Waals surface area contributed by atoms with Crippen LogP contribution in [0.2, 0.25) is 0 Å². The van der Waals surface area contributed by atoms with Crippen LogP contribution in [0.4, 0.5) is 0 Å². The number of unbranched alkanes of at least 4 members (excludes halogenated alkanes) is 8. The molecule has 0 aliphatic heterocycles. The third kappa shape index (κ3) is 8.51. The van der Waals surface area contributed by atoms with Crippen molar-refractivity contribution in [1.29, 1.82) is 0 Å². The number of aliphatic hydroxyl groups excluding tert-OH is 1. The SMILES string of the molecule is O=C(CCCCCCCCCCCO)c1cccc(O)c1. The van der Waals surface area contributed by atoms with Crippen LogP contribution < -0.4 is 0 Å². The molecule has 1 rings (SSSR count). The molecule has 0 spiro atoms. The van der Waals surface area contributed by atoms with E-state index in [4.69, 9.17) is 5.11 Å². The van der Waals surface area contributed by atoms with Crippen molar-refractivity contribution >= 4 is 5.78 Å². The number of carbonyl (C=O) groups excluding carboxylic acids is 1. The van der Waals surface area contributed by atoms with Gasteiger partial charge in [-0.3, -0.25) is 4.79 Å². The molecular formula is C18H28O3. The van der Waals surface area contributed by atoms with Crippen molar-refractivity contribution in [2.75, 3.05) is 6.61 Å². The van der Waals surface area contributed by atoms with Crippen LogP contribution in [0.15, 0.2) is 24.3 Å². The van der Waals surface area contributed by atoms with Gasteiger partial charge in [-0.25, -0.2) is 0 Å². The van der Waals surface area contributed by atoms with E-state index >= 15 is 0 Å². The van der Waals surface area contributed by atoms with Gasteiger partial charge in [-0.1, -0.05) is 57.1 Å². The molecular weight excluding hydrogens is 264 g/mol. The zero-order valence-corrected chi connectivity index (χ0v) is 12.9. The summed E-state index contributed by atoms with van der Waals surface area (Å²) < 4.78 is 0. The molecule has 2 N–H and O–H groups in total. The molecule has 1 aromatic carbocycles. The fourth-order valence-corrected chi connectivity index (χ4v) is 2.46. The Kier molecular flexibility index (Phi) is 9.55. The van der Waals surface area contributed by atoms with Gasteiger partial charge in [-0.05, 0) is 25.0 Å². The molecule has 0 saturated carbocycles. The molecule has 0 bridgehead atoms. The molecule has 0 fully saturated rings. The number of aliphatic hydroxyl groups is 1. The molecule has 0 saturated heterocycles. The third-order valence-electron chi connectivity index (χ3n) is 3.73. The summed E-state index contributed by atoms with van der Waals surface area (Å²) in [5, 5.41) is 18.0. The summed E-state index contributed by atoms with van der Waals surface area (Å²) in [6.45, 7) is 0.313. The average Bonchev–Trinajstić information content (AvgIpc) is 2.49. The molecule has 0 atom stereocenters. The summed E-state index contributed by atoms with van der Waals surface area (Å²) in [5.41, 5.74) is 0.610. The number of ketones is 1. The van der Waals surface area contributed by atoms with E-state index < -0.39 is 0 Å². The first-order valence-electron chi connectivity index (χ1n) is 8.17. The molecule has 0 aliphatic carbocycles. The van der Waals surface area contributed by atoms with E-state index in [1.54, 1.807) is 18.2 Å². The van der Waals surface area contributed by atoms with Gasteiger partial charge in [0.2, 0.25) is 0 Å². The van der Waals surface area contributed by atoms with Crippen molar-refractivity contribution in [2.45, 2.75) is 64.2 Å². The number of hydrogen-bond acceptors (Lipinski definition) is 3. The lowest BCUT2D eigenvalue weighted by Gasteiger charge is -2.03. The number of carbonyl (C=O) groups is 1. The molecule has 3 nitrogen and oxygen atoms in total. The zero-order valence-electron chi connectivity index (χ0n) is 12.9. The maximum atomic E-state index is 11.9. The predicted molar refractivity (Wildman–Crippen MR) is 85.7 cm³/mol. The van der Waals surface area contributed by atoms with Gasteiger partial charge in [0.15, 0.2) is 5.78 Å². The van der Waals surface area contributed by atoms with Gasteiger partial charge in [0.25, 0.3) is 0 Å². The van der Waals surface area contributed by atoms with Crippen molar-refractivity contribution in [1.82, 2.24) is 0 Å². The van der Waals surface area contributed by atoms with Crippen LogP contribution in [0.5, 0.6) is 5.75 Å². The van der Waals surface area contributed by atoms with Crippen LogP contribution in [-0.4, -0.2) is 22.6 Å². The first kappa shape index (κ1) is 17.7. The normalized spacial score (nSPS) is 10.7. The number of phenols is 1. The predicted octanol–water partition coefficient (Wildman–Crippen LogP) is 4.47. The molecule has 0 aliphatic rings. The van der Waals surface area contributed by atoms with E-state index in [1.807, 2.05) is 0 Å². The maximum absolute atomic E-state index is 11.9. The number of hydrogen-bond donors (Lipinski definition) is 2. The van der Waals surface area contributed by atoms with Gasteiger partial charge < -0.3 is 10.2 Å². The second-order valence-electron chi connectivity index (χ2n) is 5.63. The first-order chi connectivity index (χ1) is 10.2. The Balaban J connectivity index is 1.98. The first-order valence-corrected chi connectivity index (χ1v) is 8.17. The Morgan fingerprint density at radius 2 is 1.43 bits per heavy atom. The van der Waals surface area contributed by atoms with Crippen LogP contribution in [-0.2, 0) is 0 Å². The third-order valence-corrected chi connectivity index (χ3v) is 3.73. The summed E-state index contributed by atoms with van der Waals surface area (Å²) in [6, 6.07) is 6.58. The van der Waals surface area contributed by atoms with E-state index in [0.29, 0.717) is 18.6 Å². The zero-order chi connectivity index (χ0) is 15.3. The number of phenolic OH excluding ortho intramolecular Hbond substituents is 1. The van der Waals surface area contributed by atoms with E-state index in [0.717, 1.165) is 25.7 Å². The summed E-state index contributed by atoms with van der Waals surface area (Å²) in [5.74, 6) is 0.275. The molecule has 21 heavy (non-hydrogen) atoms. The highest BCUT2D eigenvalue weighted by molar-refractivity contribution is 5.96. The molecule has 0 aromatic heterocycles. The van der Waals surface area contributed by atoms with E-state index in [2.05, 4.69) is 0 Å². The quantitative estimate of drug-likeness (QED) is 0.441. The second-order valence-corrected chi connectivity index (χ2v) is 5.63. The van der Waals surface area contributed by atoms with Gasteiger partial charge in [0.1, 0.15) is 5.75 Å². The standard InChI is InChI=1S/C18H28O3/c19-14-9-7-5-3-1-2-4-6-8-13-18(21)16-11-10-12-17(20)15-16/h10-12,15,19-20H,1-9,13-14H2. The average molecular weight is 292 g/mol. The lowest BCUT2D eigenvalue weighted by Crippen LogP contribution is -1.98. The van der Waals surface area contributed by atoms with Crippen molar-refractivity contribution in [3.63, 3.8) is 0 Å². The van der Waals surface area contributed by atoms with Crippen molar-refractivity contribution < 1.29 is 15.0 Å². The minimum atomic E-state index is 0.120. The molecule has 0 unspecified atom stereocenters. The molecule has 1 aromatic rings. The minimum absolute atomic E-state index is 0.120. The lowest BCUT2D eigenvalue weighted by atomic mass is 10.0. The summed E-state index contributed by atoms with van der Waals surface area (Å²) >= 11 is 0. The topological polar surface area (TPSA) is 57.5 Å². The van der Waals surface area contributed by atoms with Crippen molar-refractivity contribution in [3.8, 4) is 5.75 Å². The molecule has 0 radical (unpaired) electrons. The van der Waals surface area contributed by atoms with Crippen LogP contribution >= 0.6 is 0 Å². The van der Waals surface area contributed by atoms with Gasteiger partial charge in [-0.2, -0.15) is 0 Å². The monoisotopic (exact) mass is 292 g/mol. The molecule has 3 heteroatoms. The lowest BCUT2D eigenvalue weighted by molar-refractivity contribution is 0.0978. The molecule has 0 heterocycles. The van der Waals surface area contributed by atoms with Gasteiger partial charge >= 0.3 is 0 Å². The van der Waals surface area contributed by atoms with Crippen molar-refractivity contribution in [3.05, 3.63) is 29.8 Å². The van der Waals surface area contributed by atoms with Crippen LogP contribution in [0.3, 0.4) is 0 Å². The highest BCUT2D eigenvalue weighted by atomic mass is 16.3. The highest BCUT2D eigenvalue weighted by Gasteiger charge is 2.05. The Morgan fingerprint density at radius 1 is 0.857 bits per heavy atom. The smallest absolute Gasteiger partial charge is 0.163 e.